The second kappa shape index (κ2) is 3.29. The van der Waals surface area contributed by atoms with Crippen molar-refractivity contribution in [3.8, 4) is 12.3 Å². The first-order chi connectivity index (χ1) is 6.33. The lowest BCUT2D eigenvalue weighted by atomic mass is 10.1. The fourth-order valence-corrected chi connectivity index (χ4v) is 2.09. The summed E-state index contributed by atoms with van der Waals surface area (Å²) in [5.74, 6) is 3.19. The Morgan fingerprint density at radius 3 is 3.31 bits per heavy atom. The number of rotatable bonds is 1. The Labute approximate surface area is 78.5 Å². The predicted octanol–water partition coefficient (Wildman–Crippen LogP) is 0.814. The fraction of sp³-hybridized carbons (Fsp3) is 0.700. The summed E-state index contributed by atoms with van der Waals surface area (Å²) in [5.41, 5.74) is 0. The fourth-order valence-electron chi connectivity index (χ4n) is 2.09. The third-order valence-electron chi connectivity index (χ3n) is 2.86. The van der Waals surface area contributed by atoms with Gasteiger partial charge in [-0.1, -0.05) is 5.92 Å². The van der Waals surface area contributed by atoms with Crippen LogP contribution in [-0.2, 0) is 0 Å². The van der Waals surface area contributed by atoms with Crippen LogP contribution in [-0.4, -0.2) is 30.1 Å². The molecule has 2 aliphatic rings. The molecule has 3 nitrogen and oxygen atoms in total. The van der Waals surface area contributed by atoms with E-state index >= 15 is 0 Å². The number of piperidine rings is 1. The molecule has 70 valence electrons. The van der Waals surface area contributed by atoms with Gasteiger partial charge in [-0.3, -0.25) is 0 Å². The lowest BCUT2D eigenvalue weighted by molar-refractivity contribution is 0.183. The van der Waals surface area contributed by atoms with E-state index in [1.807, 2.05) is 4.90 Å². The van der Waals surface area contributed by atoms with Gasteiger partial charge in [-0.2, -0.15) is 0 Å². The van der Waals surface area contributed by atoms with E-state index in [0.29, 0.717) is 12.6 Å². The van der Waals surface area contributed by atoms with Crippen molar-refractivity contribution in [1.82, 2.24) is 10.2 Å². The van der Waals surface area contributed by atoms with Gasteiger partial charge in [0, 0.05) is 12.6 Å². The Bertz CT molecular complexity index is 256. The number of nitrogens with one attached hydrogen (secondary N) is 1. The van der Waals surface area contributed by atoms with E-state index in [4.69, 9.17) is 6.42 Å². The Hall–Kier alpha value is -1.17. The van der Waals surface area contributed by atoms with Gasteiger partial charge in [-0.15, -0.1) is 6.42 Å². The predicted molar refractivity (Wildman–Crippen MR) is 50.1 cm³/mol. The summed E-state index contributed by atoms with van der Waals surface area (Å²) >= 11 is 0. The first kappa shape index (κ1) is 8.43. The average Bonchev–Trinajstić information content (AvgIpc) is 2.92. The lowest BCUT2D eigenvalue weighted by Crippen LogP contribution is -2.44. The van der Waals surface area contributed by atoms with Crippen LogP contribution in [0.4, 0.5) is 4.79 Å². The van der Waals surface area contributed by atoms with Crippen molar-refractivity contribution in [3.63, 3.8) is 0 Å². The van der Waals surface area contributed by atoms with E-state index in [1.54, 1.807) is 0 Å². The minimum absolute atomic E-state index is 0.0187. The average molecular weight is 178 g/mol. The number of carbonyl (C=O) groups excluding carboxylic acids is 1. The molecule has 1 aliphatic carbocycles. The van der Waals surface area contributed by atoms with Gasteiger partial charge in [0.25, 0.3) is 0 Å². The third-order valence-corrected chi connectivity index (χ3v) is 2.86. The number of hydrogen-bond donors (Lipinski definition) is 1. The Morgan fingerprint density at radius 1 is 1.69 bits per heavy atom. The van der Waals surface area contributed by atoms with Crippen LogP contribution in [0.25, 0.3) is 0 Å². The van der Waals surface area contributed by atoms with Crippen molar-refractivity contribution in [1.29, 1.82) is 0 Å². The molecular weight excluding hydrogens is 164 g/mol. The largest absolute Gasteiger partial charge is 0.327 e. The van der Waals surface area contributed by atoms with Gasteiger partial charge < -0.3 is 10.2 Å². The van der Waals surface area contributed by atoms with Gasteiger partial charge in [0.15, 0.2) is 0 Å². The molecule has 0 aromatic rings. The van der Waals surface area contributed by atoms with Crippen molar-refractivity contribution in [2.24, 2.45) is 5.92 Å². The van der Waals surface area contributed by atoms with Crippen molar-refractivity contribution < 1.29 is 4.79 Å². The van der Waals surface area contributed by atoms with Crippen LogP contribution in [0.5, 0.6) is 0 Å². The highest BCUT2D eigenvalue weighted by Crippen LogP contribution is 2.42. The zero-order valence-electron chi connectivity index (χ0n) is 7.62. The van der Waals surface area contributed by atoms with Gasteiger partial charge in [0.05, 0.1) is 6.54 Å². The standard InChI is InChI=1S/C10H14N2O/c1-2-5-11-10(13)12-6-3-4-8-7-9(8)12/h1,8-9H,3-7H2,(H,11,13)/t8-,9+/m1/s1. The maximum absolute atomic E-state index is 11.5. The molecule has 3 heteroatoms. The normalized spacial score (nSPS) is 30.2. The number of urea groups is 1. The SMILES string of the molecule is C#CCNC(=O)N1CCC[C@@H]2C[C@@H]21. The molecule has 0 radical (unpaired) electrons. The molecule has 0 aromatic carbocycles. The molecule has 2 atom stereocenters. The summed E-state index contributed by atoms with van der Waals surface area (Å²) in [5, 5.41) is 2.71. The van der Waals surface area contributed by atoms with E-state index in [2.05, 4.69) is 11.2 Å². The summed E-state index contributed by atoms with van der Waals surface area (Å²) in [4.78, 5) is 13.4. The third kappa shape index (κ3) is 1.62. The number of terminal acetylenes is 1. The van der Waals surface area contributed by atoms with Gasteiger partial charge in [0.1, 0.15) is 0 Å². The summed E-state index contributed by atoms with van der Waals surface area (Å²) in [7, 11) is 0. The van der Waals surface area contributed by atoms with Gasteiger partial charge >= 0.3 is 6.03 Å². The lowest BCUT2D eigenvalue weighted by Gasteiger charge is -2.26. The highest BCUT2D eigenvalue weighted by molar-refractivity contribution is 5.75. The van der Waals surface area contributed by atoms with Gasteiger partial charge in [-0.05, 0) is 25.2 Å². The van der Waals surface area contributed by atoms with Crippen molar-refractivity contribution in [3.05, 3.63) is 0 Å². The van der Waals surface area contributed by atoms with Gasteiger partial charge in [-0.25, -0.2) is 4.79 Å². The van der Waals surface area contributed by atoms with E-state index in [1.165, 1.54) is 12.8 Å². The van der Waals surface area contributed by atoms with Crippen LogP contribution in [0.2, 0.25) is 0 Å². The number of hydrogen-bond acceptors (Lipinski definition) is 1. The van der Waals surface area contributed by atoms with E-state index in [9.17, 15) is 4.79 Å². The molecule has 13 heavy (non-hydrogen) atoms. The number of amides is 2. The molecule has 1 saturated heterocycles. The molecule has 2 fully saturated rings. The molecule has 0 bridgehead atoms. The molecule has 1 saturated carbocycles. The first-order valence-corrected chi connectivity index (χ1v) is 4.81. The zero-order valence-corrected chi connectivity index (χ0v) is 7.62. The minimum Gasteiger partial charge on any atom is -0.327 e. The molecule has 1 heterocycles. The topological polar surface area (TPSA) is 32.3 Å². The molecule has 0 aromatic heterocycles. The number of carbonyl (C=O) groups is 1. The van der Waals surface area contributed by atoms with Crippen LogP contribution in [0.1, 0.15) is 19.3 Å². The van der Waals surface area contributed by atoms with Crippen molar-refractivity contribution in [2.75, 3.05) is 13.1 Å². The smallest absolute Gasteiger partial charge is 0.318 e. The highest BCUT2D eigenvalue weighted by atomic mass is 16.2. The highest BCUT2D eigenvalue weighted by Gasteiger charge is 2.45. The summed E-state index contributed by atoms with van der Waals surface area (Å²) in [6.45, 7) is 1.24. The van der Waals surface area contributed by atoms with Crippen molar-refractivity contribution in [2.45, 2.75) is 25.3 Å². The maximum Gasteiger partial charge on any atom is 0.318 e. The Kier molecular flexibility index (Phi) is 2.13. The number of nitrogens with zero attached hydrogens (tertiary/aromatic N) is 1. The molecular formula is C10H14N2O. The second-order valence-electron chi connectivity index (χ2n) is 3.76. The quantitative estimate of drug-likeness (QED) is 0.592. The maximum atomic E-state index is 11.5. The second-order valence-corrected chi connectivity index (χ2v) is 3.76. The van der Waals surface area contributed by atoms with Crippen LogP contribution >= 0.6 is 0 Å². The van der Waals surface area contributed by atoms with Crippen molar-refractivity contribution >= 4 is 6.03 Å². The van der Waals surface area contributed by atoms with E-state index in [0.717, 1.165) is 18.9 Å². The molecule has 0 unspecified atom stereocenters. The number of fused-ring (bicyclic) bond motifs is 1. The first-order valence-electron chi connectivity index (χ1n) is 4.81. The van der Waals surface area contributed by atoms with Crippen LogP contribution in [0.15, 0.2) is 0 Å². The van der Waals surface area contributed by atoms with Crippen LogP contribution in [0.3, 0.4) is 0 Å². The Morgan fingerprint density at radius 2 is 2.54 bits per heavy atom. The Balaban J connectivity index is 1.86. The monoisotopic (exact) mass is 178 g/mol. The zero-order chi connectivity index (χ0) is 9.26. The summed E-state index contributed by atoms with van der Waals surface area (Å²) in [6, 6.07) is 0.539. The van der Waals surface area contributed by atoms with Crippen LogP contribution in [0, 0.1) is 18.3 Å². The minimum atomic E-state index is 0.0187. The van der Waals surface area contributed by atoms with E-state index in [-0.39, 0.29) is 6.03 Å². The molecule has 0 spiro atoms. The molecule has 2 amide bonds. The summed E-state index contributed by atoms with van der Waals surface area (Å²) in [6.07, 6.45) is 8.70. The summed E-state index contributed by atoms with van der Waals surface area (Å²) < 4.78 is 0. The number of likely N-dealkylation sites (tertiary alicyclic amines) is 1. The van der Waals surface area contributed by atoms with E-state index < -0.39 is 0 Å². The molecule has 2 rings (SSSR count). The molecule has 1 N–H and O–H groups in total. The molecule has 1 aliphatic heterocycles. The van der Waals surface area contributed by atoms with Gasteiger partial charge in [0.2, 0.25) is 0 Å². The van der Waals surface area contributed by atoms with Crippen LogP contribution < -0.4 is 5.32 Å².